The smallest absolute Gasteiger partial charge is 0.258 e. The zero-order valence-electron chi connectivity index (χ0n) is 13.1. The van der Waals surface area contributed by atoms with Crippen molar-refractivity contribution in [1.82, 2.24) is 10.6 Å². The van der Waals surface area contributed by atoms with E-state index in [4.69, 9.17) is 15.2 Å². The van der Waals surface area contributed by atoms with Crippen molar-refractivity contribution in [3.63, 3.8) is 0 Å². The van der Waals surface area contributed by atoms with Crippen molar-refractivity contribution < 1.29 is 19.1 Å². The van der Waals surface area contributed by atoms with Gasteiger partial charge in [0, 0.05) is 24.7 Å². The second kappa shape index (κ2) is 8.89. The summed E-state index contributed by atoms with van der Waals surface area (Å²) in [5.74, 6) is 0.323. The van der Waals surface area contributed by atoms with Crippen LogP contribution in [0.1, 0.15) is 24.2 Å². The first-order valence-corrected chi connectivity index (χ1v) is 7.06. The maximum absolute atomic E-state index is 11.8. The van der Waals surface area contributed by atoms with Crippen LogP contribution < -0.4 is 25.8 Å². The third kappa shape index (κ3) is 5.61. The van der Waals surface area contributed by atoms with Gasteiger partial charge in [0.2, 0.25) is 0 Å². The highest BCUT2D eigenvalue weighted by molar-refractivity contribution is 5.94. The minimum Gasteiger partial charge on any atom is -0.493 e. The van der Waals surface area contributed by atoms with Crippen LogP contribution in [0.3, 0.4) is 0 Å². The second-order valence-electron chi connectivity index (χ2n) is 4.92. The number of hydrogen-bond acceptors (Lipinski definition) is 5. The second-order valence-corrected chi connectivity index (χ2v) is 4.92. The Bertz CT molecular complexity index is 518. The van der Waals surface area contributed by atoms with Crippen molar-refractivity contribution in [2.75, 3.05) is 26.8 Å². The first-order chi connectivity index (χ1) is 10.5. The van der Waals surface area contributed by atoms with Crippen LogP contribution in [0.15, 0.2) is 18.2 Å². The van der Waals surface area contributed by atoms with Gasteiger partial charge in [-0.1, -0.05) is 0 Å². The summed E-state index contributed by atoms with van der Waals surface area (Å²) in [5.41, 5.74) is 5.77. The molecule has 1 aromatic rings. The summed E-state index contributed by atoms with van der Waals surface area (Å²) in [7, 11) is 1.47. The van der Waals surface area contributed by atoms with Crippen molar-refractivity contribution in [3.05, 3.63) is 23.8 Å². The minimum atomic E-state index is -0.243. The normalized spacial score (nSPS) is 10.2. The molecule has 4 N–H and O–H groups in total. The number of nitrogens with two attached hydrogens (primary N) is 1. The van der Waals surface area contributed by atoms with Crippen molar-refractivity contribution >= 4 is 11.8 Å². The highest BCUT2D eigenvalue weighted by atomic mass is 16.5. The molecule has 0 unspecified atom stereocenters. The SMILES string of the molecule is COc1cc(C(=O)NCCN)ccc1OCC(=O)NC(C)C. The molecule has 0 saturated heterocycles. The Morgan fingerprint density at radius 3 is 2.59 bits per heavy atom. The molecular formula is C15H23N3O4. The molecule has 0 aliphatic rings. The number of carbonyl (C=O) groups is 2. The molecule has 2 amide bonds. The molecule has 7 nitrogen and oxygen atoms in total. The van der Waals surface area contributed by atoms with Crippen LogP contribution in [0.4, 0.5) is 0 Å². The predicted octanol–water partition coefficient (Wildman–Crippen LogP) is 0.287. The molecule has 0 heterocycles. The van der Waals surface area contributed by atoms with Gasteiger partial charge in [0.1, 0.15) is 0 Å². The van der Waals surface area contributed by atoms with Crippen molar-refractivity contribution in [2.24, 2.45) is 5.73 Å². The van der Waals surface area contributed by atoms with E-state index < -0.39 is 0 Å². The molecule has 1 rings (SSSR count). The van der Waals surface area contributed by atoms with Crippen molar-refractivity contribution in [2.45, 2.75) is 19.9 Å². The minimum absolute atomic E-state index is 0.0478. The third-order valence-electron chi connectivity index (χ3n) is 2.66. The van der Waals surface area contributed by atoms with Gasteiger partial charge in [-0.05, 0) is 32.0 Å². The van der Waals surface area contributed by atoms with Crippen LogP contribution in [0.2, 0.25) is 0 Å². The Balaban J connectivity index is 2.72. The molecule has 0 atom stereocenters. The maximum Gasteiger partial charge on any atom is 0.258 e. The molecule has 0 fully saturated rings. The van der Waals surface area contributed by atoms with Gasteiger partial charge in [0.25, 0.3) is 11.8 Å². The van der Waals surface area contributed by atoms with Gasteiger partial charge in [-0.2, -0.15) is 0 Å². The summed E-state index contributed by atoms with van der Waals surface area (Å²) >= 11 is 0. The zero-order valence-corrected chi connectivity index (χ0v) is 13.1. The topological polar surface area (TPSA) is 103 Å². The summed E-state index contributed by atoms with van der Waals surface area (Å²) in [4.78, 5) is 23.4. The van der Waals surface area contributed by atoms with E-state index in [1.807, 2.05) is 13.8 Å². The van der Waals surface area contributed by atoms with Gasteiger partial charge in [-0.25, -0.2) is 0 Å². The standard InChI is InChI=1S/C15H23N3O4/c1-10(2)18-14(19)9-22-12-5-4-11(8-13(12)21-3)15(20)17-7-6-16/h4-5,8,10H,6-7,9,16H2,1-3H3,(H,17,20)(H,18,19). The number of ether oxygens (including phenoxy) is 2. The number of hydrogen-bond donors (Lipinski definition) is 3. The van der Waals surface area contributed by atoms with E-state index >= 15 is 0 Å². The van der Waals surface area contributed by atoms with Crippen LogP contribution in [0.5, 0.6) is 11.5 Å². The lowest BCUT2D eigenvalue weighted by Crippen LogP contribution is -2.34. The molecule has 1 aromatic carbocycles. The monoisotopic (exact) mass is 309 g/mol. The fourth-order valence-electron chi connectivity index (χ4n) is 1.72. The van der Waals surface area contributed by atoms with E-state index in [0.717, 1.165) is 0 Å². The van der Waals surface area contributed by atoms with E-state index in [1.54, 1.807) is 18.2 Å². The lowest BCUT2D eigenvalue weighted by molar-refractivity contribution is -0.123. The quantitative estimate of drug-likeness (QED) is 0.640. The van der Waals surface area contributed by atoms with Crippen molar-refractivity contribution in [1.29, 1.82) is 0 Å². The molecule has 0 radical (unpaired) electrons. The lowest BCUT2D eigenvalue weighted by Gasteiger charge is -2.13. The molecule has 0 aliphatic heterocycles. The molecular weight excluding hydrogens is 286 g/mol. The highest BCUT2D eigenvalue weighted by Gasteiger charge is 2.12. The van der Waals surface area contributed by atoms with Gasteiger partial charge >= 0.3 is 0 Å². The average molecular weight is 309 g/mol. The van der Waals surface area contributed by atoms with Gasteiger partial charge in [0.05, 0.1) is 7.11 Å². The number of benzene rings is 1. The van der Waals surface area contributed by atoms with Gasteiger partial charge in [-0.15, -0.1) is 0 Å². The molecule has 0 aromatic heterocycles. The number of rotatable bonds is 8. The zero-order chi connectivity index (χ0) is 16.5. The number of nitrogens with one attached hydrogen (secondary N) is 2. The average Bonchev–Trinajstić information content (AvgIpc) is 2.49. The van der Waals surface area contributed by atoms with E-state index in [9.17, 15) is 9.59 Å². The van der Waals surface area contributed by atoms with Gasteiger partial charge in [0.15, 0.2) is 18.1 Å². The third-order valence-corrected chi connectivity index (χ3v) is 2.66. The molecule has 0 saturated carbocycles. The molecule has 122 valence electrons. The Hall–Kier alpha value is -2.28. The lowest BCUT2D eigenvalue weighted by atomic mass is 10.2. The largest absolute Gasteiger partial charge is 0.493 e. The fourth-order valence-corrected chi connectivity index (χ4v) is 1.72. The number of amides is 2. The van der Waals surface area contributed by atoms with E-state index in [2.05, 4.69) is 10.6 Å². The van der Waals surface area contributed by atoms with Crippen LogP contribution in [-0.2, 0) is 4.79 Å². The summed E-state index contributed by atoms with van der Waals surface area (Å²) in [6.45, 7) is 4.39. The van der Waals surface area contributed by atoms with E-state index in [0.29, 0.717) is 30.2 Å². The molecule has 7 heteroatoms. The Morgan fingerprint density at radius 1 is 1.27 bits per heavy atom. The molecule has 0 bridgehead atoms. The fraction of sp³-hybridized carbons (Fsp3) is 0.467. The van der Waals surface area contributed by atoms with Crippen LogP contribution in [0.25, 0.3) is 0 Å². The Morgan fingerprint density at radius 2 is 2.00 bits per heavy atom. The Labute approximate surface area is 130 Å². The molecule has 22 heavy (non-hydrogen) atoms. The highest BCUT2D eigenvalue weighted by Crippen LogP contribution is 2.28. The summed E-state index contributed by atoms with van der Waals surface area (Å²) in [5, 5.41) is 5.39. The first kappa shape index (κ1) is 17.8. The maximum atomic E-state index is 11.8. The Kier molecular flexibility index (Phi) is 7.18. The van der Waals surface area contributed by atoms with Gasteiger partial charge < -0.3 is 25.8 Å². The van der Waals surface area contributed by atoms with Crippen LogP contribution in [-0.4, -0.2) is 44.7 Å². The summed E-state index contributed by atoms with van der Waals surface area (Å²) < 4.78 is 10.6. The van der Waals surface area contributed by atoms with Crippen LogP contribution in [0, 0.1) is 0 Å². The molecule has 0 aliphatic carbocycles. The summed E-state index contributed by atoms with van der Waals surface area (Å²) in [6, 6.07) is 4.80. The van der Waals surface area contributed by atoms with E-state index in [-0.39, 0.29) is 24.5 Å². The van der Waals surface area contributed by atoms with Gasteiger partial charge in [-0.3, -0.25) is 9.59 Å². The molecule has 0 spiro atoms. The number of methoxy groups -OCH3 is 1. The number of carbonyl (C=O) groups excluding carboxylic acids is 2. The predicted molar refractivity (Wildman–Crippen MR) is 83.2 cm³/mol. The van der Waals surface area contributed by atoms with Crippen molar-refractivity contribution in [3.8, 4) is 11.5 Å². The van der Waals surface area contributed by atoms with E-state index in [1.165, 1.54) is 7.11 Å². The van der Waals surface area contributed by atoms with Crippen LogP contribution >= 0.6 is 0 Å². The summed E-state index contributed by atoms with van der Waals surface area (Å²) in [6.07, 6.45) is 0. The first-order valence-electron chi connectivity index (χ1n) is 7.06.